The molecule has 4 heterocycles. The Kier molecular flexibility index (Phi) is 5.08. The van der Waals surface area contributed by atoms with Crippen molar-refractivity contribution in [1.82, 2.24) is 4.57 Å². The van der Waals surface area contributed by atoms with Gasteiger partial charge in [-0.05, 0) is 37.6 Å². The van der Waals surface area contributed by atoms with Gasteiger partial charge in [0.05, 0.1) is 35.2 Å². The maximum Gasteiger partial charge on any atom is 0.338 e. The summed E-state index contributed by atoms with van der Waals surface area (Å²) in [5.41, 5.74) is 2.71. The predicted octanol–water partition coefficient (Wildman–Crippen LogP) is 1.87. The third-order valence-electron chi connectivity index (χ3n) is 6.49. The van der Waals surface area contributed by atoms with Crippen LogP contribution < -0.4 is 29.3 Å². The van der Waals surface area contributed by atoms with Crippen LogP contribution in [0, 0.1) is 0 Å². The summed E-state index contributed by atoms with van der Waals surface area (Å²) < 4.78 is 18.1. The number of fused-ring (bicyclic) bond motifs is 3. The van der Waals surface area contributed by atoms with Crippen molar-refractivity contribution in [3.63, 3.8) is 0 Å². The van der Waals surface area contributed by atoms with Crippen molar-refractivity contribution in [2.24, 2.45) is 4.99 Å². The van der Waals surface area contributed by atoms with Gasteiger partial charge in [-0.3, -0.25) is 14.2 Å². The van der Waals surface area contributed by atoms with Crippen LogP contribution in [0.25, 0.3) is 5.57 Å². The third-order valence-corrected chi connectivity index (χ3v) is 7.54. The number of benzene rings is 2. The highest BCUT2D eigenvalue weighted by Crippen LogP contribution is 2.38. The second-order valence-electron chi connectivity index (χ2n) is 8.49. The fraction of sp³-hybridized carbons (Fsp3) is 0.231. The van der Waals surface area contributed by atoms with Crippen molar-refractivity contribution in [3.05, 3.63) is 84.5 Å². The van der Waals surface area contributed by atoms with E-state index >= 15 is 0 Å². The molecule has 2 aromatic carbocycles. The molecular weight excluding hydrogens is 482 g/mol. The highest BCUT2D eigenvalue weighted by atomic mass is 32.1. The van der Waals surface area contributed by atoms with Gasteiger partial charge in [-0.25, -0.2) is 9.79 Å². The Morgan fingerprint density at radius 2 is 1.94 bits per heavy atom. The molecule has 0 radical (unpaired) electrons. The monoisotopic (exact) mass is 503 g/mol. The minimum absolute atomic E-state index is 0.0968. The first kappa shape index (κ1) is 22.3. The number of allylic oxidation sites excluding steroid dienone is 1. The minimum atomic E-state index is -0.811. The van der Waals surface area contributed by atoms with E-state index in [1.54, 1.807) is 39.1 Å². The Morgan fingerprint density at radius 3 is 2.75 bits per heavy atom. The van der Waals surface area contributed by atoms with Crippen LogP contribution in [0.5, 0.6) is 11.5 Å². The number of ether oxygens (including phenoxy) is 3. The van der Waals surface area contributed by atoms with E-state index in [2.05, 4.69) is 4.99 Å². The summed E-state index contributed by atoms with van der Waals surface area (Å²) in [5.74, 6) is 0.295. The number of anilines is 1. The Hall–Kier alpha value is -4.18. The molecule has 6 rings (SSSR count). The van der Waals surface area contributed by atoms with E-state index in [1.807, 2.05) is 24.3 Å². The second kappa shape index (κ2) is 8.20. The van der Waals surface area contributed by atoms with Crippen LogP contribution in [0.15, 0.2) is 63.5 Å². The highest BCUT2D eigenvalue weighted by molar-refractivity contribution is 7.07. The summed E-state index contributed by atoms with van der Waals surface area (Å²) >= 11 is 1.14. The van der Waals surface area contributed by atoms with Crippen LogP contribution in [0.2, 0.25) is 0 Å². The summed E-state index contributed by atoms with van der Waals surface area (Å²) in [4.78, 5) is 46.9. The Morgan fingerprint density at radius 1 is 1.17 bits per heavy atom. The van der Waals surface area contributed by atoms with Crippen LogP contribution in [-0.4, -0.2) is 36.9 Å². The number of thiazole rings is 1. The molecule has 0 spiro atoms. The van der Waals surface area contributed by atoms with Gasteiger partial charge in [0.15, 0.2) is 16.3 Å². The normalized spacial score (nSPS) is 19.2. The lowest BCUT2D eigenvalue weighted by molar-refractivity contribution is -0.139. The van der Waals surface area contributed by atoms with Gasteiger partial charge in [-0.2, -0.15) is 0 Å². The standard InChI is InChI=1S/C26H21N3O6S/c1-4-33-25(32)19-13(2)27-26-29(21(19)14-9-10-17-18(11-14)35-12-34-17)24(31)22(36-26)20-15-7-5-6-8-16(15)28(3)23(20)30/h5-11,21H,4,12H2,1-3H3/b22-20-/t21-/m0/s1. The number of amides is 1. The number of rotatable bonds is 3. The Labute approximate surface area is 209 Å². The van der Waals surface area contributed by atoms with E-state index in [0.29, 0.717) is 38.7 Å². The molecular formula is C26H21N3O6S. The van der Waals surface area contributed by atoms with Crippen molar-refractivity contribution < 1.29 is 23.8 Å². The van der Waals surface area contributed by atoms with Gasteiger partial charge in [-0.1, -0.05) is 35.6 Å². The van der Waals surface area contributed by atoms with Crippen LogP contribution >= 0.6 is 11.3 Å². The van der Waals surface area contributed by atoms with Crippen LogP contribution in [0.4, 0.5) is 5.69 Å². The fourth-order valence-electron chi connectivity index (χ4n) is 4.83. The number of hydrogen-bond donors (Lipinski definition) is 0. The molecule has 0 N–H and O–H groups in total. The van der Waals surface area contributed by atoms with Crippen molar-refractivity contribution in [2.75, 3.05) is 25.3 Å². The highest BCUT2D eigenvalue weighted by Gasteiger charge is 2.36. The number of hydrogen-bond acceptors (Lipinski definition) is 8. The third kappa shape index (κ3) is 3.14. The zero-order chi connectivity index (χ0) is 25.1. The summed E-state index contributed by atoms with van der Waals surface area (Å²) in [6.07, 6.45) is 0. The van der Waals surface area contributed by atoms with Gasteiger partial charge < -0.3 is 19.1 Å². The van der Waals surface area contributed by atoms with Gasteiger partial charge in [0.1, 0.15) is 4.53 Å². The van der Waals surface area contributed by atoms with Crippen molar-refractivity contribution >= 4 is 34.5 Å². The lowest BCUT2D eigenvalue weighted by atomic mass is 9.95. The summed E-state index contributed by atoms with van der Waals surface area (Å²) in [6.45, 7) is 3.71. The zero-order valence-corrected chi connectivity index (χ0v) is 20.5. The fourth-order valence-corrected chi connectivity index (χ4v) is 5.97. The topological polar surface area (TPSA) is 99.4 Å². The first-order valence-electron chi connectivity index (χ1n) is 11.4. The van der Waals surface area contributed by atoms with Crippen LogP contribution in [0.3, 0.4) is 0 Å². The molecule has 1 amide bonds. The van der Waals surface area contributed by atoms with E-state index in [-0.39, 0.29) is 29.4 Å². The van der Waals surface area contributed by atoms with E-state index in [1.165, 1.54) is 9.47 Å². The predicted molar refractivity (Wildman–Crippen MR) is 132 cm³/mol. The van der Waals surface area contributed by atoms with E-state index in [9.17, 15) is 14.4 Å². The van der Waals surface area contributed by atoms with E-state index in [0.717, 1.165) is 17.0 Å². The van der Waals surface area contributed by atoms with Crippen LogP contribution in [0.1, 0.15) is 31.0 Å². The van der Waals surface area contributed by atoms with E-state index in [4.69, 9.17) is 14.2 Å². The molecule has 1 atom stereocenters. The molecule has 0 fully saturated rings. The molecule has 36 heavy (non-hydrogen) atoms. The Bertz CT molecular complexity index is 1680. The number of nitrogens with zero attached hydrogens (tertiary/aromatic N) is 3. The molecule has 0 aliphatic carbocycles. The average Bonchev–Trinajstić information content (AvgIpc) is 3.53. The Balaban J connectivity index is 1.64. The SMILES string of the molecule is CCOC(=O)C1=C(C)N=c2s/c(=C3\C(=O)N(C)c4ccccc43)c(=O)n2[C@H]1c1ccc2c(c1)OCO2. The molecule has 0 unspecified atom stereocenters. The van der Waals surface area contributed by atoms with Gasteiger partial charge in [0, 0.05) is 12.6 Å². The number of likely N-dealkylation sites (N-methyl/N-ethyl adjacent to an activating group) is 1. The largest absolute Gasteiger partial charge is 0.463 e. The molecule has 0 bridgehead atoms. The molecule has 3 aliphatic heterocycles. The van der Waals surface area contributed by atoms with Crippen LogP contribution in [-0.2, 0) is 14.3 Å². The second-order valence-corrected chi connectivity index (χ2v) is 9.47. The summed E-state index contributed by atoms with van der Waals surface area (Å²) in [5, 5.41) is 0. The number of esters is 1. The summed E-state index contributed by atoms with van der Waals surface area (Å²) in [7, 11) is 1.68. The van der Waals surface area contributed by atoms with E-state index < -0.39 is 17.6 Å². The van der Waals surface area contributed by atoms with Crippen molar-refractivity contribution in [2.45, 2.75) is 19.9 Å². The smallest absolute Gasteiger partial charge is 0.338 e. The number of carbonyl (C=O) groups is 2. The van der Waals surface area contributed by atoms with Gasteiger partial charge in [0.2, 0.25) is 6.79 Å². The minimum Gasteiger partial charge on any atom is -0.463 e. The molecule has 0 saturated carbocycles. The lowest BCUT2D eigenvalue weighted by Crippen LogP contribution is -2.40. The first-order valence-corrected chi connectivity index (χ1v) is 12.2. The molecule has 0 saturated heterocycles. The van der Waals surface area contributed by atoms with Gasteiger partial charge in [-0.15, -0.1) is 0 Å². The molecule has 182 valence electrons. The number of aromatic nitrogens is 1. The number of carbonyl (C=O) groups excluding carboxylic acids is 2. The van der Waals surface area contributed by atoms with Gasteiger partial charge >= 0.3 is 5.97 Å². The van der Waals surface area contributed by atoms with Gasteiger partial charge in [0.25, 0.3) is 11.5 Å². The van der Waals surface area contributed by atoms with Crippen molar-refractivity contribution in [1.29, 1.82) is 0 Å². The molecule has 9 nitrogen and oxygen atoms in total. The average molecular weight is 504 g/mol. The molecule has 3 aliphatic rings. The summed E-state index contributed by atoms with van der Waals surface area (Å²) in [6, 6.07) is 11.8. The molecule has 1 aromatic heterocycles. The van der Waals surface area contributed by atoms with Crippen molar-refractivity contribution in [3.8, 4) is 11.5 Å². The molecule has 10 heteroatoms. The zero-order valence-electron chi connectivity index (χ0n) is 19.7. The maximum atomic E-state index is 14.0. The lowest BCUT2D eigenvalue weighted by Gasteiger charge is -2.24. The number of para-hydroxylation sites is 1. The first-order chi connectivity index (χ1) is 17.4. The quantitative estimate of drug-likeness (QED) is 0.506. The molecule has 3 aromatic rings. The maximum absolute atomic E-state index is 14.0.